The average Bonchev–Trinajstić information content (AvgIpc) is 2.84. The molecule has 9 heteroatoms. The summed E-state index contributed by atoms with van der Waals surface area (Å²) >= 11 is 0. The Labute approximate surface area is 205 Å². The van der Waals surface area contributed by atoms with Gasteiger partial charge in [-0.05, 0) is 62.7 Å². The van der Waals surface area contributed by atoms with E-state index in [1.807, 2.05) is 6.92 Å². The first-order valence-corrected chi connectivity index (χ1v) is 12.4. The Kier molecular flexibility index (Phi) is 8.14. The molecule has 0 radical (unpaired) electrons. The van der Waals surface area contributed by atoms with E-state index in [9.17, 15) is 18.0 Å². The predicted octanol–water partition coefficient (Wildman–Crippen LogP) is 4.32. The van der Waals surface area contributed by atoms with Gasteiger partial charge in [0.2, 0.25) is 5.91 Å². The van der Waals surface area contributed by atoms with Crippen molar-refractivity contribution in [2.45, 2.75) is 25.7 Å². The molecular weight excluding hydrogens is 468 g/mol. The second kappa shape index (κ2) is 11.1. The molecule has 0 bridgehead atoms. The molecule has 0 spiro atoms. The van der Waals surface area contributed by atoms with E-state index >= 15 is 0 Å². The summed E-state index contributed by atoms with van der Waals surface area (Å²) in [4.78, 5) is 25.2. The molecule has 0 aliphatic rings. The van der Waals surface area contributed by atoms with E-state index in [4.69, 9.17) is 9.47 Å². The Morgan fingerprint density at radius 1 is 0.943 bits per heavy atom. The molecule has 0 aliphatic carbocycles. The lowest BCUT2D eigenvalue weighted by Crippen LogP contribution is -2.38. The van der Waals surface area contributed by atoms with E-state index in [1.54, 1.807) is 68.4 Å². The maximum atomic E-state index is 13.7. The lowest BCUT2D eigenvalue weighted by atomic mass is 10.1. The van der Waals surface area contributed by atoms with Gasteiger partial charge in [0.1, 0.15) is 12.3 Å². The minimum atomic E-state index is -4.12. The fraction of sp³-hybridized carbons (Fsp3) is 0.231. The van der Waals surface area contributed by atoms with Crippen molar-refractivity contribution in [2.75, 3.05) is 29.9 Å². The molecule has 0 heterocycles. The van der Waals surface area contributed by atoms with Crippen molar-refractivity contribution in [3.8, 4) is 5.75 Å². The number of anilines is 2. The van der Waals surface area contributed by atoms with Crippen LogP contribution in [0.5, 0.6) is 5.75 Å². The highest BCUT2D eigenvalue weighted by molar-refractivity contribution is 7.92. The quantitative estimate of drug-likeness (QED) is 0.443. The first-order chi connectivity index (χ1) is 16.7. The number of carbonyl (C=O) groups excluding carboxylic acids is 2. The highest BCUT2D eigenvalue weighted by Crippen LogP contribution is 2.32. The van der Waals surface area contributed by atoms with Crippen LogP contribution in [0.3, 0.4) is 0 Å². The van der Waals surface area contributed by atoms with Crippen molar-refractivity contribution in [1.82, 2.24) is 0 Å². The molecule has 3 aromatic carbocycles. The van der Waals surface area contributed by atoms with Crippen LogP contribution in [-0.4, -0.2) is 40.6 Å². The molecule has 0 saturated heterocycles. The minimum Gasteiger partial charge on any atom is -0.492 e. The van der Waals surface area contributed by atoms with Gasteiger partial charge < -0.3 is 14.8 Å². The summed E-state index contributed by atoms with van der Waals surface area (Å²) in [6.07, 6.45) is 0. The Morgan fingerprint density at radius 3 is 2.29 bits per heavy atom. The second-order valence-corrected chi connectivity index (χ2v) is 9.61. The lowest BCUT2D eigenvalue weighted by molar-refractivity contribution is -0.114. The van der Waals surface area contributed by atoms with Crippen molar-refractivity contribution in [1.29, 1.82) is 0 Å². The van der Waals surface area contributed by atoms with Gasteiger partial charge in [-0.3, -0.25) is 9.10 Å². The van der Waals surface area contributed by atoms with Crippen molar-refractivity contribution < 1.29 is 27.5 Å². The number of nitrogens with one attached hydrogen (secondary N) is 1. The number of benzene rings is 3. The molecule has 8 nitrogen and oxygen atoms in total. The maximum Gasteiger partial charge on any atom is 0.338 e. The Morgan fingerprint density at radius 2 is 1.63 bits per heavy atom. The van der Waals surface area contributed by atoms with Crippen LogP contribution in [0.15, 0.2) is 71.6 Å². The fourth-order valence-electron chi connectivity index (χ4n) is 3.50. The van der Waals surface area contributed by atoms with Gasteiger partial charge in [-0.25, -0.2) is 13.2 Å². The van der Waals surface area contributed by atoms with E-state index in [2.05, 4.69) is 5.32 Å². The van der Waals surface area contributed by atoms with E-state index in [0.717, 1.165) is 9.87 Å². The number of aryl methyl sites for hydroxylation is 1. The summed E-state index contributed by atoms with van der Waals surface area (Å²) in [6.45, 7) is 5.13. The SMILES string of the molecule is CCOc1ccccc1N(CC(=O)Nc1cccc(C(=O)OC)c1C)S(=O)(=O)c1ccc(C)cc1. The zero-order chi connectivity index (χ0) is 25.6. The Hall–Kier alpha value is -3.85. The summed E-state index contributed by atoms with van der Waals surface area (Å²) in [5.41, 5.74) is 2.34. The number of amides is 1. The fourth-order valence-corrected chi connectivity index (χ4v) is 4.93. The Bertz CT molecular complexity index is 1320. The van der Waals surface area contributed by atoms with Crippen molar-refractivity contribution in [3.05, 3.63) is 83.4 Å². The first kappa shape index (κ1) is 25.8. The van der Waals surface area contributed by atoms with Crippen LogP contribution >= 0.6 is 0 Å². The van der Waals surface area contributed by atoms with Crippen molar-refractivity contribution >= 4 is 33.3 Å². The third kappa shape index (κ3) is 5.81. The van der Waals surface area contributed by atoms with Crippen LogP contribution in [0, 0.1) is 13.8 Å². The molecule has 0 aliphatic heterocycles. The summed E-state index contributed by atoms with van der Waals surface area (Å²) in [5, 5.41) is 2.72. The van der Waals surface area contributed by atoms with Crippen LogP contribution in [0.4, 0.5) is 11.4 Å². The number of methoxy groups -OCH3 is 1. The number of hydrogen-bond donors (Lipinski definition) is 1. The number of rotatable bonds is 9. The van der Waals surface area contributed by atoms with Gasteiger partial charge in [-0.15, -0.1) is 0 Å². The third-order valence-corrected chi connectivity index (χ3v) is 7.12. The van der Waals surface area contributed by atoms with Crippen molar-refractivity contribution in [3.63, 3.8) is 0 Å². The van der Waals surface area contributed by atoms with Gasteiger partial charge in [-0.1, -0.05) is 35.9 Å². The van der Waals surface area contributed by atoms with Gasteiger partial charge >= 0.3 is 5.97 Å². The molecule has 0 atom stereocenters. The van der Waals surface area contributed by atoms with E-state index in [1.165, 1.54) is 19.2 Å². The number of esters is 1. The number of carbonyl (C=O) groups is 2. The molecular formula is C26H28N2O6S. The predicted molar refractivity (Wildman–Crippen MR) is 134 cm³/mol. The Balaban J connectivity index is 2.00. The van der Waals surface area contributed by atoms with Gasteiger partial charge in [0, 0.05) is 5.69 Å². The molecule has 184 valence electrons. The normalized spacial score (nSPS) is 11.0. The van der Waals surface area contributed by atoms with Crippen LogP contribution in [-0.2, 0) is 19.6 Å². The molecule has 1 amide bonds. The van der Waals surface area contributed by atoms with Gasteiger partial charge in [0.25, 0.3) is 10.0 Å². The third-order valence-electron chi connectivity index (χ3n) is 5.34. The molecule has 0 saturated carbocycles. The van der Waals surface area contributed by atoms with E-state index in [0.29, 0.717) is 29.2 Å². The van der Waals surface area contributed by atoms with Gasteiger partial charge in [0.15, 0.2) is 0 Å². The zero-order valence-electron chi connectivity index (χ0n) is 20.1. The smallest absolute Gasteiger partial charge is 0.338 e. The zero-order valence-corrected chi connectivity index (χ0v) is 20.9. The summed E-state index contributed by atoms with van der Waals surface area (Å²) < 4.78 is 38.8. The molecule has 3 rings (SSSR count). The first-order valence-electron chi connectivity index (χ1n) is 11.0. The topological polar surface area (TPSA) is 102 Å². The highest BCUT2D eigenvalue weighted by Gasteiger charge is 2.29. The number of hydrogen-bond acceptors (Lipinski definition) is 6. The summed E-state index contributed by atoms with van der Waals surface area (Å²) in [5.74, 6) is -0.785. The lowest BCUT2D eigenvalue weighted by Gasteiger charge is -2.26. The summed E-state index contributed by atoms with van der Waals surface area (Å²) in [6, 6.07) is 17.9. The van der Waals surface area contributed by atoms with Gasteiger partial charge in [-0.2, -0.15) is 0 Å². The molecule has 0 unspecified atom stereocenters. The molecule has 3 aromatic rings. The van der Waals surface area contributed by atoms with E-state index < -0.39 is 28.4 Å². The maximum absolute atomic E-state index is 13.7. The van der Waals surface area contributed by atoms with E-state index in [-0.39, 0.29) is 10.6 Å². The standard InChI is InChI=1S/C26H28N2O6S/c1-5-34-24-12-7-6-11-23(24)28(35(31,32)20-15-13-18(2)14-16-20)17-25(29)27-22-10-8-9-21(19(22)3)26(30)33-4/h6-16H,5,17H2,1-4H3,(H,27,29). The van der Waals surface area contributed by atoms with Crippen LogP contribution in [0.2, 0.25) is 0 Å². The number of nitrogens with zero attached hydrogens (tertiary/aromatic N) is 1. The van der Waals surface area contributed by atoms with Crippen LogP contribution < -0.4 is 14.4 Å². The molecule has 1 N–H and O–H groups in total. The van der Waals surface area contributed by atoms with Crippen molar-refractivity contribution in [2.24, 2.45) is 0 Å². The average molecular weight is 497 g/mol. The highest BCUT2D eigenvalue weighted by atomic mass is 32.2. The second-order valence-electron chi connectivity index (χ2n) is 7.74. The van der Waals surface area contributed by atoms with Crippen LogP contribution in [0.25, 0.3) is 0 Å². The molecule has 35 heavy (non-hydrogen) atoms. The van der Waals surface area contributed by atoms with Crippen LogP contribution in [0.1, 0.15) is 28.4 Å². The monoisotopic (exact) mass is 496 g/mol. The number of sulfonamides is 1. The molecule has 0 fully saturated rings. The number of para-hydroxylation sites is 2. The summed E-state index contributed by atoms with van der Waals surface area (Å²) in [7, 11) is -2.84. The van der Waals surface area contributed by atoms with Gasteiger partial charge in [0.05, 0.1) is 29.9 Å². The minimum absolute atomic E-state index is 0.0473. The number of ether oxygens (including phenoxy) is 2. The largest absolute Gasteiger partial charge is 0.492 e. The molecule has 0 aromatic heterocycles.